The predicted molar refractivity (Wildman–Crippen MR) is 91.5 cm³/mol. The van der Waals surface area contributed by atoms with Gasteiger partial charge in [0.05, 0.1) is 8.60 Å². The van der Waals surface area contributed by atoms with Crippen molar-refractivity contribution in [3.05, 3.63) is 56.5 Å². The Morgan fingerprint density at radius 1 is 1.10 bits per heavy atom. The first-order valence-electron chi connectivity index (χ1n) is 5.75. The molecule has 2 heterocycles. The van der Waals surface area contributed by atoms with Gasteiger partial charge < -0.3 is 0 Å². The van der Waals surface area contributed by atoms with Crippen molar-refractivity contribution in [1.82, 2.24) is 8.96 Å². The molecule has 4 nitrogen and oxygen atoms in total. The number of nitrogens with zero attached hydrogens (tertiary/aromatic N) is 2. The maximum atomic E-state index is 12.8. The van der Waals surface area contributed by atoms with Crippen LogP contribution in [-0.4, -0.2) is 17.4 Å². The van der Waals surface area contributed by atoms with E-state index >= 15 is 0 Å². The monoisotopic (exact) mass is 452 g/mol. The number of hydrogen-bond acceptors (Lipinski definition) is 3. The highest BCUT2D eigenvalue weighted by molar-refractivity contribution is 14.1. The van der Waals surface area contributed by atoms with Gasteiger partial charge in [0.2, 0.25) is 0 Å². The van der Waals surface area contributed by atoms with Crippen LogP contribution in [0.25, 0.3) is 10.9 Å². The quantitative estimate of drug-likeness (QED) is 0.432. The van der Waals surface area contributed by atoms with Crippen LogP contribution >= 0.6 is 45.8 Å². The van der Waals surface area contributed by atoms with Gasteiger partial charge in [-0.2, -0.15) is 0 Å². The highest BCUT2D eigenvalue weighted by atomic mass is 127. The maximum absolute atomic E-state index is 12.8. The SMILES string of the molecule is O=S(=O)(c1ccccc1)n1c(I)cc2cc(Cl)nc(Cl)c21. The number of benzene rings is 1. The van der Waals surface area contributed by atoms with Gasteiger partial charge in [-0.25, -0.2) is 17.4 Å². The summed E-state index contributed by atoms with van der Waals surface area (Å²) in [6.45, 7) is 0. The van der Waals surface area contributed by atoms with Gasteiger partial charge in [0.15, 0.2) is 5.15 Å². The van der Waals surface area contributed by atoms with Gasteiger partial charge in [0, 0.05) is 5.39 Å². The van der Waals surface area contributed by atoms with Gasteiger partial charge in [0.1, 0.15) is 10.7 Å². The first-order chi connectivity index (χ1) is 9.91. The third kappa shape index (κ3) is 2.54. The fraction of sp³-hybridized carbons (Fsp3) is 0. The molecule has 0 unspecified atom stereocenters. The zero-order valence-electron chi connectivity index (χ0n) is 10.3. The van der Waals surface area contributed by atoms with Gasteiger partial charge >= 0.3 is 0 Å². The molecular formula is C13H7Cl2IN2O2S. The van der Waals surface area contributed by atoms with Crippen LogP contribution in [0.5, 0.6) is 0 Å². The molecule has 0 aliphatic carbocycles. The molecule has 0 atom stereocenters. The second kappa shape index (κ2) is 5.42. The molecule has 0 bridgehead atoms. The fourth-order valence-electron chi connectivity index (χ4n) is 2.03. The molecule has 21 heavy (non-hydrogen) atoms. The van der Waals surface area contributed by atoms with Crippen LogP contribution in [0.2, 0.25) is 10.3 Å². The zero-order valence-corrected chi connectivity index (χ0v) is 14.8. The lowest BCUT2D eigenvalue weighted by molar-refractivity contribution is 0.588. The number of pyridine rings is 1. The Labute approximate surface area is 144 Å². The molecule has 0 radical (unpaired) electrons. The van der Waals surface area contributed by atoms with Crippen molar-refractivity contribution in [1.29, 1.82) is 0 Å². The van der Waals surface area contributed by atoms with Crippen molar-refractivity contribution in [2.45, 2.75) is 4.90 Å². The third-order valence-electron chi connectivity index (χ3n) is 2.90. The Kier molecular flexibility index (Phi) is 3.89. The molecule has 0 saturated carbocycles. The van der Waals surface area contributed by atoms with E-state index in [0.29, 0.717) is 14.6 Å². The summed E-state index contributed by atoms with van der Waals surface area (Å²) in [7, 11) is -3.75. The van der Waals surface area contributed by atoms with E-state index in [2.05, 4.69) is 4.98 Å². The van der Waals surface area contributed by atoms with Crippen LogP contribution in [0.3, 0.4) is 0 Å². The van der Waals surface area contributed by atoms with Crippen molar-refractivity contribution in [2.24, 2.45) is 0 Å². The van der Waals surface area contributed by atoms with Gasteiger partial charge in [-0.05, 0) is 46.9 Å². The van der Waals surface area contributed by atoms with E-state index < -0.39 is 10.0 Å². The molecule has 2 aromatic heterocycles. The molecule has 3 aromatic rings. The Hall–Kier alpha value is -0.830. The minimum absolute atomic E-state index is 0.0555. The molecular weight excluding hydrogens is 446 g/mol. The topological polar surface area (TPSA) is 52.0 Å². The predicted octanol–water partition coefficient (Wildman–Crippen LogP) is 4.18. The first kappa shape index (κ1) is 15.1. The molecule has 0 amide bonds. The normalized spacial score (nSPS) is 12.0. The Morgan fingerprint density at radius 2 is 1.76 bits per heavy atom. The van der Waals surface area contributed by atoms with Crippen LogP contribution in [0.1, 0.15) is 0 Å². The highest BCUT2D eigenvalue weighted by Crippen LogP contribution is 2.32. The zero-order chi connectivity index (χ0) is 15.2. The van der Waals surface area contributed by atoms with E-state index in [1.165, 1.54) is 16.1 Å². The highest BCUT2D eigenvalue weighted by Gasteiger charge is 2.24. The Morgan fingerprint density at radius 3 is 2.43 bits per heavy atom. The minimum atomic E-state index is -3.75. The van der Waals surface area contributed by atoms with Crippen LogP contribution in [0, 0.1) is 3.70 Å². The number of hydrogen-bond donors (Lipinski definition) is 0. The second-order valence-corrected chi connectivity index (χ2v) is 7.86. The van der Waals surface area contributed by atoms with Gasteiger partial charge in [-0.1, -0.05) is 41.4 Å². The lowest BCUT2D eigenvalue weighted by Gasteiger charge is -2.09. The summed E-state index contributed by atoms with van der Waals surface area (Å²) < 4.78 is 27.3. The van der Waals surface area contributed by atoms with Crippen LogP contribution in [0.4, 0.5) is 0 Å². The maximum Gasteiger partial charge on any atom is 0.269 e. The number of aromatic nitrogens is 2. The average molecular weight is 453 g/mol. The largest absolute Gasteiger partial charge is 0.269 e. The van der Waals surface area contributed by atoms with Crippen molar-refractivity contribution in [2.75, 3.05) is 0 Å². The summed E-state index contributed by atoms with van der Waals surface area (Å²) >= 11 is 13.9. The molecule has 0 N–H and O–H groups in total. The molecule has 8 heteroatoms. The molecule has 0 aliphatic heterocycles. The lowest BCUT2D eigenvalue weighted by Crippen LogP contribution is -2.14. The fourth-order valence-corrected chi connectivity index (χ4v) is 5.39. The van der Waals surface area contributed by atoms with Gasteiger partial charge in [-0.3, -0.25) is 0 Å². The van der Waals surface area contributed by atoms with E-state index in [4.69, 9.17) is 23.2 Å². The van der Waals surface area contributed by atoms with E-state index in [9.17, 15) is 8.42 Å². The average Bonchev–Trinajstić information content (AvgIpc) is 2.76. The molecule has 0 spiro atoms. The van der Waals surface area contributed by atoms with Crippen LogP contribution in [-0.2, 0) is 10.0 Å². The first-order valence-corrected chi connectivity index (χ1v) is 9.02. The summed E-state index contributed by atoms with van der Waals surface area (Å²) in [6, 6.07) is 11.5. The van der Waals surface area contributed by atoms with E-state index in [0.717, 1.165) is 0 Å². The molecule has 1 aromatic carbocycles. The summed E-state index contributed by atoms with van der Waals surface area (Å²) in [5, 5.41) is 0.905. The Bertz CT molecular complexity index is 940. The number of halogens is 3. The molecule has 0 saturated heterocycles. The summed E-state index contributed by atoms with van der Waals surface area (Å²) in [5.74, 6) is 0. The van der Waals surface area contributed by atoms with Gasteiger partial charge in [0.25, 0.3) is 10.0 Å². The summed E-state index contributed by atoms with van der Waals surface area (Å²) in [5.41, 5.74) is 0.328. The lowest BCUT2D eigenvalue weighted by atomic mass is 10.3. The summed E-state index contributed by atoms with van der Waals surface area (Å²) in [4.78, 5) is 4.11. The van der Waals surface area contributed by atoms with E-state index in [1.54, 1.807) is 30.3 Å². The Balaban J connectivity index is 2.38. The minimum Gasteiger partial charge on any atom is -0.225 e. The second-order valence-electron chi connectivity index (χ2n) is 4.22. The standard InChI is InChI=1S/C13H7Cl2IN2O2S/c14-10-6-8-7-11(16)18(12(8)13(15)17-10)21(19,20)9-4-2-1-3-5-9/h1-7H. The smallest absolute Gasteiger partial charge is 0.225 e. The van der Waals surface area contributed by atoms with Crippen LogP contribution in [0.15, 0.2) is 47.4 Å². The van der Waals surface area contributed by atoms with Crippen molar-refractivity contribution in [3.63, 3.8) is 0 Å². The van der Waals surface area contributed by atoms with Gasteiger partial charge in [-0.15, -0.1) is 0 Å². The molecule has 108 valence electrons. The summed E-state index contributed by atoms with van der Waals surface area (Å²) in [6.07, 6.45) is 0. The third-order valence-corrected chi connectivity index (χ3v) is 6.21. The molecule has 3 rings (SSSR count). The number of rotatable bonds is 2. The van der Waals surface area contributed by atoms with Crippen LogP contribution < -0.4 is 0 Å². The van der Waals surface area contributed by atoms with E-state index in [-0.39, 0.29) is 15.2 Å². The van der Waals surface area contributed by atoms with Crippen molar-refractivity contribution >= 4 is 66.7 Å². The van der Waals surface area contributed by atoms with Crippen molar-refractivity contribution in [3.8, 4) is 0 Å². The molecule has 0 aliphatic rings. The number of fused-ring (bicyclic) bond motifs is 1. The molecule has 0 fully saturated rings. The van der Waals surface area contributed by atoms with Crippen molar-refractivity contribution < 1.29 is 8.42 Å². The van der Waals surface area contributed by atoms with E-state index in [1.807, 2.05) is 22.6 Å².